The largest absolute Gasteiger partial charge is 0.309 e. The van der Waals surface area contributed by atoms with Gasteiger partial charge in [0, 0.05) is 34.4 Å². The van der Waals surface area contributed by atoms with E-state index < -0.39 is 5.54 Å². The molecular weight excluding hydrogens is 752 g/mol. The smallest absolute Gasteiger partial charge is 0.152 e. The van der Waals surface area contributed by atoms with Crippen molar-refractivity contribution < 1.29 is 9.28 Å². The zero-order valence-corrected chi connectivity index (χ0v) is 38.7. The minimum absolute atomic E-state index is 0.00649. The number of fused-ring (bicyclic) bond motifs is 3. The first kappa shape index (κ1) is 46.5. The van der Waals surface area contributed by atoms with E-state index in [0.717, 1.165) is 55.3 Å². The number of allylic oxidation sites excluding steroid dienone is 1. The number of para-hydroxylation sites is 2. The molecule has 6 heteroatoms. The van der Waals surface area contributed by atoms with Crippen molar-refractivity contribution >= 4 is 27.6 Å². The highest BCUT2D eigenvalue weighted by Gasteiger charge is 2.37. The molecule has 320 valence electrons. The van der Waals surface area contributed by atoms with Gasteiger partial charge >= 0.3 is 0 Å². The summed E-state index contributed by atoms with van der Waals surface area (Å²) in [5, 5.41) is 3.08. The number of nitrogens with zero attached hydrogens (tertiary/aromatic N) is 4. The van der Waals surface area contributed by atoms with E-state index in [1.165, 1.54) is 48.1 Å². The number of rotatable bonds is 13. The Bertz CT molecular complexity index is 2530. The number of halogens is 1. The lowest BCUT2D eigenvalue weighted by Gasteiger charge is -2.36. The van der Waals surface area contributed by atoms with Crippen LogP contribution in [0.3, 0.4) is 0 Å². The molecule has 7 aromatic rings. The molecular formula is C55H67FN4O. The number of imidazole rings is 1. The molecule has 0 aliphatic heterocycles. The van der Waals surface area contributed by atoms with Gasteiger partial charge in [-0.2, -0.15) is 0 Å². The van der Waals surface area contributed by atoms with Crippen LogP contribution in [0.15, 0.2) is 133 Å². The van der Waals surface area contributed by atoms with Crippen LogP contribution in [0, 0.1) is 0 Å². The van der Waals surface area contributed by atoms with Gasteiger partial charge < -0.3 is 4.57 Å². The van der Waals surface area contributed by atoms with Gasteiger partial charge in [-0.1, -0.05) is 147 Å². The lowest BCUT2D eigenvalue weighted by atomic mass is 9.83. The first-order valence-corrected chi connectivity index (χ1v) is 22.4. The first-order valence-electron chi connectivity index (χ1n) is 22.4. The van der Waals surface area contributed by atoms with Crippen LogP contribution in [-0.2, 0) is 10.3 Å². The molecule has 0 aliphatic carbocycles. The second-order valence-corrected chi connectivity index (χ2v) is 16.7. The summed E-state index contributed by atoms with van der Waals surface area (Å²) in [5.74, 6) is 1.10. The van der Waals surface area contributed by atoms with Crippen molar-refractivity contribution in [1.82, 2.24) is 19.2 Å². The van der Waals surface area contributed by atoms with Gasteiger partial charge in [0.25, 0.3) is 0 Å². The zero-order valence-electron chi connectivity index (χ0n) is 38.7. The van der Waals surface area contributed by atoms with Crippen molar-refractivity contribution in [2.24, 2.45) is 0 Å². The lowest BCUT2D eigenvalue weighted by Crippen LogP contribution is -2.39. The molecule has 5 nitrogen and oxygen atoms in total. The summed E-state index contributed by atoms with van der Waals surface area (Å²) in [6, 6.07) is 38.4. The van der Waals surface area contributed by atoms with Crippen molar-refractivity contribution in [3.8, 4) is 33.9 Å². The molecule has 2 heterocycles. The van der Waals surface area contributed by atoms with Gasteiger partial charge in [0.2, 0.25) is 0 Å². The monoisotopic (exact) mass is 819 g/mol. The van der Waals surface area contributed by atoms with Crippen LogP contribution in [0.1, 0.15) is 131 Å². The molecule has 0 N–H and O–H groups in total. The van der Waals surface area contributed by atoms with E-state index >= 15 is 4.48 Å². The molecule has 0 saturated carbocycles. The Balaban J connectivity index is 0.00000111. The van der Waals surface area contributed by atoms with E-state index in [0.29, 0.717) is 12.0 Å². The third kappa shape index (κ3) is 9.81. The van der Waals surface area contributed by atoms with Crippen LogP contribution in [0.25, 0.3) is 55.7 Å². The summed E-state index contributed by atoms with van der Waals surface area (Å²) in [7, 11) is 0. The van der Waals surface area contributed by atoms with E-state index in [9.17, 15) is 4.79 Å². The van der Waals surface area contributed by atoms with Gasteiger partial charge in [0.15, 0.2) is 5.78 Å². The molecule has 0 spiro atoms. The fourth-order valence-corrected chi connectivity index (χ4v) is 8.10. The molecule has 7 rings (SSSR count). The fourth-order valence-electron chi connectivity index (χ4n) is 8.10. The third-order valence-corrected chi connectivity index (χ3v) is 11.6. The molecule has 0 amide bonds. The van der Waals surface area contributed by atoms with Crippen molar-refractivity contribution in [3.63, 3.8) is 0 Å². The molecule has 5 aromatic carbocycles. The van der Waals surface area contributed by atoms with Crippen molar-refractivity contribution in [2.45, 2.75) is 120 Å². The van der Waals surface area contributed by atoms with E-state index in [2.05, 4.69) is 148 Å². The Morgan fingerprint density at radius 1 is 0.754 bits per heavy atom. The lowest BCUT2D eigenvalue weighted by molar-refractivity contribution is -0.112. The quantitative estimate of drug-likeness (QED) is 0.0860. The number of hydrogen-bond acceptors (Lipinski definition) is 3. The summed E-state index contributed by atoms with van der Waals surface area (Å²) < 4.78 is 21.6. The number of ketones is 1. The van der Waals surface area contributed by atoms with E-state index in [1.807, 2.05) is 59.0 Å². The number of carbonyl (C=O) groups is 1. The Morgan fingerprint density at radius 2 is 1.33 bits per heavy atom. The summed E-state index contributed by atoms with van der Waals surface area (Å²) in [6.07, 6.45) is 8.56. The van der Waals surface area contributed by atoms with Crippen LogP contribution >= 0.6 is 0 Å². The molecule has 61 heavy (non-hydrogen) atoms. The van der Waals surface area contributed by atoms with Crippen LogP contribution in [-0.4, -0.2) is 31.6 Å². The predicted molar refractivity (Wildman–Crippen MR) is 259 cm³/mol. The molecule has 2 aromatic heterocycles. The Kier molecular flexibility index (Phi) is 15.8. The minimum Gasteiger partial charge on any atom is -0.309 e. The molecule has 0 fully saturated rings. The van der Waals surface area contributed by atoms with Crippen LogP contribution in [0.2, 0.25) is 0 Å². The van der Waals surface area contributed by atoms with Gasteiger partial charge in [0.1, 0.15) is 5.82 Å². The maximum atomic E-state index is 17.1. The van der Waals surface area contributed by atoms with Gasteiger partial charge in [-0.05, 0) is 115 Å². The van der Waals surface area contributed by atoms with Crippen molar-refractivity contribution in [2.75, 3.05) is 6.54 Å². The zero-order chi connectivity index (χ0) is 44.4. The van der Waals surface area contributed by atoms with E-state index in [4.69, 9.17) is 4.98 Å². The van der Waals surface area contributed by atoms with Gasteiger partial charge in [-0.25, -0.2) is 4.98 Å². The average molecular weight is 819 g/mol. The Labute approximate surface area is 364 Å². The van der Waals surface area contributed by atoms with Crippen LogP contribution < -0.4 is 0 Å². The summed E-state index contributed by atoms with van der Waals surface area (Å²) in [5.41, 5.74) is 10.3. The summed E-state index contributed by atoms with van der Waals surface area (Å²) >= 11 is 0. The second kappa shape index (κ2) is 20.8. The molecule has 1 atom stereocenters. The maximum Gasteiger partial charge on any atom is 0.152 e. The Morgan fingerprint density at radius 3 is 1.89 bits per heavy atom. The standard InChI is InChI=1S/C49H51FN4O.C4H10.C2H6/c1-9-49(8,53(50)31-34(6)26-35(7)55)44-30-46-42(39-22-16-17-23-45(39)54(46)38-20-14-11-15-21-38)29-43(44)48-51-24-25-52(48)47-40(32(2)3)27-37(28-41(47)33(4)5)36-18-12-10-13-19-36;1-3-4-2;1-2/h10-30,32-33H,9,31H2,1-8H3;3-4H2,1-2H3;1-2H3/b34-26-;;. The van der Waals surface area contributed by atoms with Crippen LogP contribution in [0.4, 0.5) is 4.48 Å². The van der Waals surface area contributed by atoms with Gasteiger partial charge in [0.05, 0.1) is 28.8 Å². The summed E-state index contributed by atoms with van der Waals surface area (Å²) in [6.45, 7) is 24.7. The average Bonchev–Trinajstić information content (AvgIpc) is 3.89. The summed E-state index contributed by atoms with van der Waals surface area (Å²) in [4.78, 5) is 17.2. The Hall–Kier alpha value is -5.59. The number of benzene rings is 5. The number of hydrogen-bond donors (Lipinski definition) is 0. The molecule has 0 saturated heterocycles. The van der Waals surface area contributed by atoms with Crippen molar-refractivity contribution in [1.29, 1.82) is 0 Å². The van der Waals surface area contributed by atoms with Crippen molar-refractivity contribution in [3.05, 3.63) is 150 Å². The molecule has 0 radical (unpaired) electrons. The van der Waals surface area contributed by atoms with E-state index in [1.54, 1.807) is 0 Å². The minimum atomic E-state index is -1.08. The highest BCUT2D eigenvalue weighted by Crippen LogP contribution is 2.45. The predicted octanol–water partition coefficient (Wildman–Crippen LogP) is 15.7. The van der Waals surface area contributed by atoms with Crippen LogP contribution in [0.5, 0.6) is 0 Å². The normalized spacial score (nSPS) is 12.7. The highest BCUT2D eigenvalue weighted by molar-refractivity contribution is 6.11. The number of unbranched alkanes of at least 4 members (excludes halogenated alkanes) is 1. The van der Waals surface area contributed by atoms with Gasteiger partial charge in [-0.15, -0.1) is 9.60 Å². The second-order valence-electron chi connectivity index (χ2n) is 16.7. The molecule has 0 bridgehead atoms. The number of aromatic nitrogens is 3. The molecule has 0 aliphatic rings. The molecule has 1 unspecified atom stereocenters. The number of carbonyl (C=O) groups excluding carboxylic acids is 1. The SMILES string of the molecule is CC.CCC(C)(c1cc2c(cc1-c1nccn1-c1c(C(C)C)cc(-c3ccccc3)cc1C(C)C)c1ccccc1n2-c1ccccc1)N(F)C/C(C)=C\C(C)=O.CCCC. The van der Waals surface area contributed by atoms with Gasteiger partial charge in [-0.3, -0.25) is 9.36 Å². The first-order chi connectivity index (χ1) is 29.3. The fraction of sp³-hybridized carbons (Fsp3) is 0.345. The highest BCUT2D eigenvalue weighted by atomic mass is 19.2. The maximum absolute atomic E-state index is 17.1. The topological polar surface area (TPSA) is 43.1 Å². The van der Waals surface area contributed by atoms with E-state index in [-0.39, 0.29) is 24.2 Å². The third-order valence-electron chi connectivity index (χ3n) is 11.6.